The van der Waals surface area contributed by atoms with Gasteiger partial charge in [-0.15, -0.1) is 12.4 Å². The molecular weight excluding hydrogens is 228 g/mol. The molecule has 0 bridgehead atoms. The van der Waals surface area contributed by atoms with E-state index in [1.807, 2.05) is 0 Å². The van der Waals surface area contributed by atoms with Crippen LogP contribution in [0.2, 0.25) is 0 Å². The van der Waals surface area contributed by atoms with Crippen molar-refractivity contribution in [3.05, 3.63) is 0 Å². The van der Waals surface area contributed by atoms with Crippen molar-refractivity contribution in [1.29, 1.82) is 0 Å². The summed E-state index contributed by atoms with van der Waals surface area (Å²) in [6.07, 6.45) is 4.79. The number of unbranched alkanes of at least 4 members (excludes halogenated alkanes) is 1. The van der Waals surface area contributed by atoms with Gasteiger partial charge < -0.3 is 15.8 Å². The van der Waals surface area contributed by atoms with E-state index in [-0.39, 0.29) is 18.3 Å². The average molecular weight is 251 g/mol. The van der Waals surface area contributed by atoms with Crippen molar-refractivity contribution >= 4 is 18.3 Å². The van der Waals surface area contributed by atoms with E-state index < -0.39 is 5.54 Å². The van der Waals surface area contributed by atoms with Gasteiger partial charge in [0, 0.05) is 19.8 Å². The summed E-state index contributed by atoms with van der Waals surface area (Å²) in [6.45, 7) is 4.35. The van der Waals surface area contributed by atoms with Crippen LogP contribution in [0.4, 0.5) is 0 Å². The zero-order chi connectivity index (χ0) is 11.1. The molecule has 1 amide bonds. The summed E-state index contributed by atoms with van der Waals surface area (Å²) in [5.74, 6) is -0.00365. The molecule has 3 N–H and O–H groups in total. The zero-order valence-electron chi connectivity index (χ0n) is 9.96. The minimum Gasteiger partial charge on any atom is -0.381 e. The molecule has 4 nitrogen and oxygen atoms in total. The van der Waals surface area contributed by atoms with Crippen LogP contribution in [0.25, 0.3) is 0 Å². The van der Waals surface area contributed by atoms with Gasteiger partial charge in [-0.2, -0.15) is 0 Å². The first-order chi connectivity index (χ1) is 7.19. The number of nitrogens with two attached hydrogens (primary N) is 1. The van der Waals surface area contributed by atoms with E-state index >= 15 is 0 Å². The van der Waals surface area contributed by atoms with Gasteiger partial charge in [0.15, 0.2) is 0 Å². The van der Waals surface area contributed by atoms with Crippen LogP contribution in [0.1, 0.15) is 39.0 Å². The molecule has 0 aliphatic heterocycles. The van der Waals surface area contributed by atoms with Crippen LogP contribution in [0.15, 0.2) is 0 Å². The normalized spacial score (nSPS) is 16.4. The second-order valence-corrected chi connectivity index (χ2v) is 4.23. The Morgan fingerprint density at radius 1 is 1.38 bits per heavy atom. The topological polar surface area (TPSA) is 64.3 Å². The lowest BCUT2D eigenvalue weighted by Crippen LogP contribution is -2.43. The Morgan fingerprint density at radius 2 is 2.00 bits per heavy atom. The van der Waals surface area contributed by atoms with Gasteiger partial charge in [-0.1, -0.05) is 13.3 Å². The average Bonchev–Trinajstić information content (AvgIpc) is 2.96. The molecule has 0 heterocycles. The fraction of sp³-hybridized carbons (Fsp3) is 0.909. The lowest BCUT2D eigenvalue weighted by Gasteiger charge is -2.09. The SMILES string of the molecule is CCCCOCCCNC(=O)C1(N)CC1.Cl. The van der Waals surface area contributed by atoms with E-state index in [1.54, 1.807) is 0 Å². The highest BCUT2D eigenvalue weighted by molar-refractivity contribution is 5.88. The Balaban J connectivity index is 0.00000225. The van der Waals surface area contributed by atoms with Gasteiger partial charge in [0.2, 0.25) is 5.91 Å². The van der Waals surface area contributed by atoms with Crippen LogP contribution < -0.4 is 11.1 Å². The van der Waals surface area contributed by atoms with Gasteiger partial charge in [0.05, 0.1) is 5.54 Å². The Hall–Kier alpha value is -0.320. The maximum Gasteiger partial charge on any atom is 0.240 e. The van der Waals surface area contributed by atoms with Crippen molar-refractivity contribution < 1.29 is 9.53 Å². The number of nitrogens with one attached hydrogen (secondary N) is 1. The molecule has 1 aliphatic rings. The molecule has 0 aromatic rings. The van der Waals surface area contributed by atoms with Crippen molar-refractivity contribution in [3.8, 4) is 0 Å². The minimum atomic E-state index is -0.539. The molecule has 0 radical (unpaired) electrons. The molecule has 1 aliphatic carbocycles. The highest BCUT2D eigenvalue weighted by Crippen LogP contribution is 2.31. The van der Waals surface area contributed by atoms with Crippen LogP contribution in [-0.2, 0) is 9.53 Å². The van der Waals surface area contributed by atoms with E-state index in [1.165, 1.54) is 0 Å². The summed E-state index contributed by atoms with van der Waals surface area (Å²) in [5, 5.41) is 2.83. The molecule has 0 unspecified atom stereocenters. The van der Waals surface area contributed by atoms with Crippen LogP contribution in [0.5, 0.6) is 0 Å². The predicted molar refractivity (Wildman–Crippen MR) is 66.8 cm³/mol. The zero-order valence-corrected chi connectivity index (χ0v) is 10.8. The highest BCUT2D eigenvalue weighted by atomic mass is 35.5. The van der Waals surface area contributed by atoms with Crippen molar-refractivity contribution in [1.82, 2.24) is 5.32 Å². The van der Waals surface area contributed by atoms with Crippen molar-refractivity contribution in [2.24, 2.45) is 5.73 Å². The second kappa shape index (κ2) is 7.87. The number of ether oxygens (including phenoxy) is 1. The van der Waals surface area contributed by atoms with Gasteiger partial charge in [0.1, 0.15) is 0 Å². The third-order valence-electron chi connectivity index (χ3n) is 2.63. The van der Waals surface area contributed by atoms with E-state index in [2.05, 4.69) is 12.2 Å². The van der Waals surface area contributed by atoms with E-state index in [9.17, 15) is 4.79 Å². The first-order valence-corrected chi connectivity index (χ1v) is 5.84. The quantitative estimate of drug-likeness (QED) is 0.637. The van der Waals surface area contributed by atoms with Crippen LogP contribution >= 0.6 is 12.4 Å². The number of amides is 1. The number of hydrogen-bond acceptors (Lipinski definition) is 3. The third-order valence-corrected chi connectivity index (χ3v) is 2.63. The Kier molecular flexibility index (Phi) is 7.72. The van der Waals surface area contributed by atoms with Crippen LogP contribution in [0.3, 0.4) is 0 Å². The lowest BCUT2D eigenvalue weighted by atomic mass is 10.2. The molecule has 96 valence electrons. The molecule has 16 heavy (non-hydrogen) atoms. The van der Waals surface area contributed by atoms with E-state index in [0.29, 0.717) is 6.54 Å². The second-order valence-electron chi connectivity index (χ2n) is 4.23. The third kappa shape index (κ3) is 5.68. The number of rotatable bonds is 8. The van der Waals surface area contributed by atoms with Crippen molar-refractivity contribution in [3.63, 3.8) is 0 Å². The van der Waals surface area contributed by atoms with Gasteiger partial charge in [-0.3, -0.25) is 4.79 Å². The van der Waals surface area contributed by atoms with Gasteiger partial charge in [0.25, 0.3) is 0 Å². The molecule has 5 heteroatoms. The maximum atomic E-state index is 11.4. The number of carbonyl (C=O) groups is 1. The largest absolute Gasteiger partial charge is 0.381 e. The number of carbonyl (C=O) groups excluding carboxylic acids is 1. The molecule has 0 aromatic heterocycles. The van der Waals surface area contributed by atoms with Crippen molar-refractivity contribution in [2.45, 2.75) is 44.6 Å². The summed E-state index contributed by atoms with van der Waals surface area (Å²) >= 11 is 0. The fourth-order valence-electron chi connectivity index (χ4n) is 1.26. The molecule has 0 spiro atoms. The summed E-state index contributed by atoms with van der Waals surface area (Å²) in [4.78, 5) is 11.4. The summed E-state index contributed by atoms with van der Waals surface area (Å²) in [5.41, 5.74) is 5.19. The monoisotopic (exact) mass is 250 g/mol. The molecule has 1 fully saturated rings. The van der Waals surface area contributed by atoms with Crippen LogP contribution in [-0.4, -0.2) is 31.2 Å². The number of halogens is 1. The number of hydrogen-bond donors (Lipinski definition) is 2. The molecular formula is C11H23ClN2O2. The van der Waals surface area contributed by atoms with E-state index in [4.69, 9.17) is 10.5 Å². The van der Waals surface area contributed by atoms with Gasteiger partial charge in [-0.05, 0) is 25.7 Å². The predicted octanol–water partition coefficient (Wildman–Crippen LogP) is 1.22. The molecule has 0 saturated heterocycles. The fourth-order valence-corrected chi connectivity index (χ4v) is 1.26. The van der Waals surface area contributed by atoms with Gasteiger partial charge >= 0.3 is 0 Å². The summed E-state index contributed by atoms with van der Waals surface area (Å²) in [6, 6.07) is 0. The molecule has 0 atom stereocenters. The highest BCUT2D eigenvalue weighted by Gasteiger charge is 2.45. The Morgan fingerprint density at radius 3 is 2.56 bits per heavy atom. The lowest BCUT2D eigenvalue weighted by molar-refractivity contribution is -0.123. The Bertz CT molecular complexity index is 208. The summed E-state index contributed by atoms with van der Waals surface area (Å²) < 4.78 is 5.37. The minimum absolute atomic E-state index is 0. The smallest absolute Gasteiger partial charge is 0.240 e. The standard InChI is InChI=1S/C11H22N2O2.ClH/c1-2-3-8-15-9-4-7-13-10(14)11(12)5-6-11;/h2-9,12H2,1H3,(H,13,14);1H. The molecule has 1 saturated carbocycles. The first-order valence-electron chi connectivity index (χ1n) is 5.84. The summed E-state index contributed by atoms with van der Waals surface area (Å²) in [7, 11) is 0. The van der Waals surface area contributed by atoms with E-state index in [0.717, 1.165) is 45.3 Å². The maximum absolute atomic E-state index is 11.4. The molecule has 0 aromatic carbocycles. The molecule has 1 rings (SSSR count). The van der Waals surface area contributed by atoms with Crippen molar-refractivity contribution in [2.75, 3.05) is 19.8 Å². The van der Waals surface area contributed by atoms with Gasteiger partial charge in [-0.25, -0.2) is 0 Å². The van der Waals surface area contributed by atoms with Crippen LogP contribution in [0, 0.1) is 0 Å². The first kappa shape index (κ1) is 15.7. The Labute approximate surface area is 104 Å².